The fourth-order valence-corrected chi connectivity index (χ4v) is 4.22. The van der Waals surface area contributed by atoms with Crippen molar-refractivity contribution in [1.82, 2.24) is 20.1 Å². The van der Waals surface area contributed by atoms with Crippen LogP contribution in [0.4, 0.5) is 5.69 Å². The van der Waals surface area contributed by atoms with Gasteiger partial charge in [0.2, 0.25) is 5.91 Å². The Morgan fingerprint density at radius 2 is 1.85 bits per heavy atom. The van der Waals surface area contributed by atoms with E-state index in [1.54, 1.807) is 18.2 Å². The molecule has 2 amide bonds. The minimum atomic E-state index is -0.349. The van der Waals surface area contributed by atoms with Crippen molar-refractivity contribution in [3.8, 4) is 0 Å². The Kier molecular flexibility index (Phi) is 8.65. The van der Waals surface area contributed by atoms with Gasteiger partial charge in [0.25, 0.3) is 5.91 Å². The molecule has 2 N–H and O–H groups in total. The summed E-state index contributed by atoms with van der Waals surface area (Å²) in [5.41, 5.74) is 3.49. The second-order valence-electron chi connectivity index (χ2n) is 8.46. The van der Waals surface area contributed by atoms with Crippen molar-refractivity contribution in [2.45, 2.75) is 45.4 Å². The molecule has 3 rings (SSSR count). The van der Waals surface area contributed by atoms with Crippen molar-refractivity contribution in [3.05, 3.63) is 83.7 Å². The van der Waals surface area contributed by atoms with Crippen molar-refractivity contribution < 1.29 is 9.59 Å². The van der Waals surface area contributed by atoms with Gasteiger partial charge in [-0.3, -0.25) is 9.59 Å². The van der Waals surface area contributed by atoms with Gasteiger partial charge in [0, 0.05) is 17.8 Å². The van der Waals surface area contributed by atoms with Gasteiger partial charge in [-0.25, -0.2) is 0 Å². The molecule has 0 radical (unpaired) electrons. The highest BCUT2D eigenvalue weighted by Gasteiger charge is 2.26. The van der Waals surface area contributed by atoms with E-state index in [1.165, 1.54) is 11.8 Å². The maximum absolute atomic E-state index is 12.8. The van der Waals surface area contributed by atoms with Crippen LogP contribution < -0.4 is 10.6 Å². The van der Waals surface area contributed by atoms with Crippen LogP contribution in [0, 0.1) is 19.8 Å². The first-order chi connectivity index (χ1) is 16.3. The maximum Gasteiger partial charge on any atom is 0.251 e. The van der Waals surface area contributed by atoms with E-state index in [0.717, 1.165) is 16.8 Å². The second-order valence-corrected chi connectivity index (χ2v) is 9.40. The molecule has 0 saturated carbocycles. The summed E-state index contributed by atoms with van der Waals surface area (Å²) in [6.45, 7) is 12.3. The Morgan fingerprint density at radius 1 is 1.12 bits per heavy atom. The second kappa shape index (κ2) is 11.7. The molecule has 0 unspecified atom stereocenters. The number of carbonyl (C=O) groups is 2. The first-order valence-electron chi connectivity index (χ1n) is 11.2. The topological polar surface area (TPSA) is 88.9 Å². The molecule has 0 fully saturated rings. The van der Waals surface area contributed by atoms with Crippen LogP contribution >= 0.6 is 11.8 Å². The summed E-state index contributed by atoms with van der Waals surface area (Å²) in [6.07, 6.45) is 1.75. The summed E-state index contributed by atoms with van der Waals surface area (Å²) in [4.78, 5) is 25.4. The van der Waals surface area contributed by atoms with Crippen LogP contribution in [0.2, 0.25) is 0 Å². The summed E-state index contributed by atoms with van der Waals surface area (Å²) in [5.74, 6) is 0.606. The molecule has 8 heteroatoms. The minimum Gasteiger partial charge on any atom is -0.342 e. The number of hydrogen-bond donors (Lipinski definition) is 2. The highest BCUT2D eigenvalue weighted by molar-refractivity contribution is 7.99. The molecule has 7 nitrogen and oxygen atoms in total. The average Bonchev–Trinajstić information content (AvgIpc) is 3.21. The highest BCUT2D eigenvalue weighted by atomic mass is 32.2. The van der Waals surface area contributed by atoms with Gasteiger partial charge in [-0.1, -0.05) is 62.0 Å². The van der Waals surface area contributed by atoms with E-state index in [-0.39, 0.29) is 29.5 Å². The largest absolute Gasteiger partial charge is 0.342 e. The number of nitrogens with one attached hydrogen (secondary N) is 2. The highest BCUT2D eigenvalue weighted by Crippen LogP contribution is 2.26. The van der Waals surface area contributed by atoms with E-state index in [9.17, 15) is 9.59 Å². The molecular formula is C26H31N5O2S. The van der Waals surface area contributed by atoms with E-state index < -0.39 is 0 Å². The zero-order chi connectivity index (χ0) is 24.7. The number of benzene rings is 2. The van der Waals surface area contributed by atoms with Crippen molar-refractivity contribution >= 4 is 29.3 Å². The number of amides is 2. The smallest absolute Gasteiger partial charge is 0.251 e. The molecular weight excluding hydrogens is 446 g/mol. The lowest BCUT2D eigenvalue weighted by atomic mass is 10.0. The van der Waals surface area contributed by atoms with Crippen LogP contribution in [-0.2, 0) is 11.3 Å². The number of carbonyl (C=O) groups excluding carboxylic acids is 2. The molecule has 1 atom stereocenters. The molecule has 0 bridgehead atoms. The Labute approximate surface area is 205 Å². The third kappa shape index (κ3) is 6.35. The third-order valence-electron chi connectivity index (χ3n) is 5.32. The first-order valence-corrected chi connectivity index (χ1v) is 12.2. The molecule has 1 heterocycles. The predicted octanol–water partition coefficient (Wildman–Crippen LogP) is 4.94. The Hall–Kier alpha value is -3.39. The summed E-state index contributed by atoms with van der Waals surface area (Å²) in [5, 5.41) is 15.4. The number of aromatic nitrogens is 3. The van der Waals surface area contributed by atoms with Crippen LogP contribution in [0.3, 0.4) is 0 Å². The number of thioether (sulfide) groups is 1. The molecule has 0 aliphatic carbocycles. The number of aryl methyl sites for hydroxylation is 2. The van der Waals surface area contributed by atoms with Crippen LogP contribution in [0.25, 0.3) is 0 Å². The number of anilines is 1. The predicted molar refractivity (Wildman–Crippen MR) is 137 cm³/mol. The third-order valence-corrected chi connectivity index (χ3v) is 6.29. The van der Waals surface area contributed by atoms with Gasteiger partial charge in [-0.05, 0) is 49.1 Å². The van der Waals surface area contributed by atoms with E-state index in [0.29, 0.717) is 23.1 Å². The minimum absolute atomic E-state index is 0.0749. The Bertz CT molecular complexity index is 1160. The van der Waals surface area contributed by atoms with Crippen molar-refractivity contribution in [1.29, 1.82) is 0 Å². The summed E-state index contributed by atoms with van der Waals surface area (Å²) < 4.78 is 1.90. The van der Waals surface area contributed by atoms with Gasteiger partial charge in [-0.2, -0.15) is 0 Å². The SMILES string of the molecule is C=CCn1c(SCC(=O)Nc2cc(C)ccc2C)nnc1[C@@H](NC(=O)c1ccccc1)C(C)C. The van der Waals surface area contributed by atoms with Crippen molar-refractivity contribution in [3.63, 3.8) is 0 Å². The molecule has 0 aliphatic rings. The summed E-state index contributed by atoms with van der Waals surface area (Å²) in [6, 6.07) is 14.7. The van der Waals surface area contributed by atoms with E-state index >= 15 is 0 Å². The van der Waals surface area contributed by atoms with Crippen LogP contribution in [0.5, 0.6) is 0 Å². The quantitative estimate of drug-likeness (QED) is 0.319. The fourth-order valence-electron chi connectivity index (χ4n) is 3.47. The number of allylic oxidation sites excluding steroid dienone is 1. The molecule has 0 aliphatic heterocycles. The normalized spacial score (nSPS) is 11.8. The van der Waals surface area contributed by atoms with Crippen molar-refractivity contribution in [2.24, 2.45) is 5.92 Å². The molecule has 0 saturated heterocycles. The molecule has 0 spiro atoms. The molecule has 34 heavy (non-hydrogen) atoms. The van der Waals surface area contributed by atoms with E-state index in [4.69, 9.17) is 0 Å². The summed E-state index contributed by atoms with van der Waals surface area (Å²) in [7, 11) is 0. The lowest BCUT2D eigenvalue weighted by Gasteiger charge is -2.22. The lowest BCUT2D eigenvalue weighted by molar-refractivity contribution is -0.113. The van der Waals surface area contributed by atoms with Crippen LogP contribution in [-0.4, -0.2) is 32.3 Å². The fraction of sp³-hybridized carbons (Fsp3) is 0.308. The maximum atomic E-state index is 12.8. The molecule has 3 aromatic rings. The van der Waals surface area contributed by atoms with Crippen molar-refractivity contribution in [2.75, 3.05) is 11.1 Å². The Morgan fingerprint density at radius 3 is 2.53 bits per heavy atom. The van der Waals surface area contributed by atoms with E-state index in [2.05, 4.69) is 27.4 Å². The van der Waals surface area contributed by atoms with Gasteiger partial charge in [0.15, 0.2) is 11.0 Å². The van der Waals surface area contributed by atoms with Crippen LogP contribution in [0.1, 0.15) is 47.2 Å². The molecule has 2 aromatic carbocycles. The zero-order valence-electron chi connectivity index (χ0n) is 20.0. The van der Waals surface area contributed by atoms with Gasteiger partial charge in [-0.15, -0.1) is 16.8 Å². The lowest BCUT2D eigenvalue weighted by Crippen LogP contribution is -2.33. The van der Waals surface area contributed by atoms with Gasteiger partial charge < -0.3 is 15.2 Å². The monoisotopic (exact) mass is 477 g/mol. The summed E-state index contributed by atoms with van der Waals surface area (Å²) >= 11 is 1.31. The number of nitrogens with zero attached hydrogens (tertiary/aromatic N) is 3. The Balaban J connectivity index is 1.75. The first kappa shape index (κ1) is 25.2. The van der Waals surface area contributed by atoms with Crippen LogP contribution in [0.15, 0.2) is 66.3 Å². The average molecular weight is 478 g/mol. The number of hydrogen-bond acceptors (Lipinski definition) is 5. The molecule has 178 valence electrons. The zero-order valence-corrected chi connectivity index (χ0v) is 20.9. The van der Waals surface area contributed by atoms with Gasteiger partial charge in [0.1, 0.15) is 0 Å². The van der Waals surface area contributed by atoms with Gasteiger partial charge >= 0.3 is 0 Å². The standard InChI is InChI=1S/C26H31N5O2S/c1-6-14-31-24(23(17(2)3)28-25(33)20-10-8-7-9-11-20)29-30-26(31)34-16-22(32)27-21-15-18(4)12-13-19(21)5/h6-13,15,17,23H,1,14,16H2,2-5H3,(H,27,32)(H,28,33)/t23-/m0/s1. The van der Waals surface area contributed by atoms with E-state index in [1.807, 2.05) is 68.7 Å². The molecule has 1 aromatic heterocycles. The van der Waals surface area contributed by atoms with Gasteiger partial charge in [0.05, 0.1) is 11.8 Å². The number of rotatable bonds is 10.